The molecule has 0 aliphatic heterocycles. The monoisotopic (exact) mass is 801 g/mol. The zero-order chi connectivity index (χ0) is 47.4. The van der Waals surface area contributed by atoms with Gasteiger partial charge in [0.2, 0.25) is 0 Å². The number of carbonyl (C=O) groups excluding carboxylic acids is 1. The maximum absolute atomic E-state index is 10.8. The van der Waals surface area contributed by atoms with Crippen LogP contribution in [-0.2, 0) is 4.79 Å². The molecule has 57 heavy (non-hydrogen) atoms. The van der Waals surface area contributed by atoms with Gasteiger partial charge in [0.1, 0.15) is 5.78 Å². The topological polar surface area (TPSA) is 17.1 Å². The van der Waals surface area contributed by atoms with Crippen LogP contribution >= 0.6 is 0 Å². The lowest BCUT2D eigenvalue weighted by Crippen LogP contribution is -2.25. The molecule has 0 radical (unpaired) electrons. The molecule has 6 atom stereocenters. The van der Waals surface area contributed by atoms with E-state index >= 15 is 0 Å². The highest BCUT2D eigenvalue weighted by molar-refractivity contribution is 5.78. The minimum Gasteiger partial charge on any atom is -0.300 e. The smallest absolute Gasteiger partial charge is 0.133 e. The van der Waals surface area contributed by atoms with Gasteiger partial charge in [-0.15, -0.1) is 19.4 Å². The molecule has 0 heterocycles. The van der Waals surface area contributed by atoms with Crippen molar-refractivity contribution in [2.24, 2.45) is 64.1 Å². The second kappa shape index (κ2) is 40.9. The van der Waals surface area contributed by atoms with E-state index in [9.17, 15) is 4.79 Å². The number of carbonyl (C=O) groups is 1. The largest absolute Gasteiger partial charge is 0.300 e. The molecule has 1 fully saturated rings. The number of rotatable bonds is 15. The van der Waals surface area contributed by atoms with E-state index in [4.69, 9.17) is 0 Å². The molecule has 0 aromatic rings. The average molecular weight is 802 g/mol. The Hall–Kier alpha value is -1.81. The Morgan fingerprint density at radius 1 is 0.702 bits per heavy atom. The number of Topliss-reactive ketones (excluding diaryl/α,β-unsaturated/α-hetero) is 1. The van der Waals surface area contributed by atoms with Gasteiger partial charge < -0.3 is 0 Å². The molecule has 0 bridgehead atoms. The summed E-state index contributed by atoms with van der Waals surface area (Å²) < 4.78 is 0. The molecular formula is C56H112O. The predicted octanol–water partition coefficient (Wildman–Crippen LogP) is 19.5. The van der Waals surface area contributed by atoms with Crippen LogP contribution in [0.2, 0.25) is 0 Å². The molecule has 0 saturated heterocycles. The van der Waals surface area contributed by atoms with Gasteiger partial charge in [-0.3, -0.25) is 4.79 Å². The first kappa shape index (κ1) is 69.8. The van der Waals surface area contributed by atoms with Crippen LogP contribution in [0.25, 0.3) is 0 Å². The van der Waals surface area contributed by atoms with Gasteiger partial charge >= 0.3 is 0 Å². The molecule has 1 saturated carbocycles. The van der Waals surface area contributed by atoms with Gasteiger partial charge in [0, 0.05) is 5.92 Å². The molecule has 4 unspecified atom stereocenters. The zero-order valence-electron chi connectivity index (χ0n) is 44.5. The number of hydrogen-bond donors (Lipinski definition) is 0. The Morgan fingerprint density at radius 3 is 1.30 bits per heavy atom. The van der Waals surface area contributed by atoms with Crippen LogP contribution in [0.15, 0.2) is 48.6 Å². The maximum atomic E-state index is 10.8. The van der Waals surface area contributed by atoms with Gasteiger partial charge in [-0.1, -0.05) is 213 Å². The molecule has 342 valence electrons. The standard InChI is InChI=1S/C15H30.C12H20.C11H24.C8H16O.C4H8.2C2H6.C2H2/c1-8-10-15(12(5)6)13(7)14(9-2)11(3)4;1-9(2)11(4)10(3)8-12-6-5-7-12;1-9(2)10(3)7-8-11(4,5)6;1-6(7(2)9)8(3,4)5;1-4(2)3;3*1-2/h12-15H,3,8-10H2,1-2,4-7H3;10,12H,1,4-8H2,2-3H3;9-10H,7-8H2,1-6H3;6H,1-5H3;1H2,2-3H3;2*1-2H3;1-2H/t13-,14?,15-;;;;;;;/m1......./s1. The lowest BCUT2D eigenvalue weighted by atomic mass is 9.72. The van der Waals surface area contributed by atoms with Gasteiger partial charge in [-0.05, 0) is 118 Å². The van der Waals surface area contributed by atoms with Crippen molar-refractivity contribution < 1.29 is 4.79 Å². The molecule has 1 aliphatic rings. The van der Waals surface area contributed by atoms with Gasteiger partial charge in [0.15, 0.2) is 0 Å². The van der Waals surface area contributed by atoms with E-state index in [1.54, 1.807) is 6.92 Å². The molecule has 0 aromatic carbocycles. The van der Waals surface area contributed by atoms with E-state index in [1.165, 1.54) is 74.5 Å². The molecule has 1 nitrogen and oxygen atoms in total. The fourth-order valence-corrected chi connectivity index (χ4v) is 6.40. The van der Waals surface area contributed by atoms with E-state index in [-0.39, 0.29) is 17.1 Å². The highest BCUT2D eigenvalue weighted by Crippen LogP contribution is 2.36. The van der Waals surface area contributed by atoms with Crippen LogP contribution in [0.4, 0.5) is 0 Å². The van der Waals surface area contributed by atoms with Crippen molar-refractivity contribution in [1.29, 1.82) is 0 Å². The minimum absolute atomic E-state index is 0.131. The van der Waals surface area contributed by atoms with Gasteiger partial charge in [-0.25, -0.2) is 0 Å². The highest BCUT2D eigenvalue weighted by Gasteiger charge is 2.27. The maximum Gasteiger partial charge on any atom is 0.133 e. The van der Waals surface area contributed by atoms with E-state index in [1.807, 2.05) is 48.5 Å². The lowest BCUT2D eigenvalue weighted by molar-refractivity contribution is -0.123. The third-order valence-electron chi connectivity index (χ3n) is 11.3. The second-order valence-electron chi connectivity index (χ2n) is 19.9. The third kappa shape index (κ3) is 45.1. The van der Waals surface area contributed by atoms with Crippen LogP contribution in [0.5, 0.6) is 0 Å². The second-order valence-corrected chi connectivity index (χ2v) is 19.9. The Labute approximate surface area is 365 Å². The Morgan fingerprint density at radius 2 is 1.11 bits per heavy atom. The summed E-state index contributed by atoms with van der Waals surface area (Å²) in [5.74, 6) is 6.97. The number of terminal acetylenes is 1. The molecule has 1 heteroatoms. The van der Waals surface area contributed by atoms with Crippen molar-refractivity contribution in [3.05, 3.63) is 48.6 Å². The highest BCUT2D eigenvalue weighted by atomic mass is 16.1. The van der Waals surface area contributed by atoms with Crippen molar-refractivity contribution >= 4 is 5.78 Å². The van der Waals surface area contributed by atoms with Crippen LogP contribution in [-0.4, -0.2) is 5.78 Å². The zero-order valence-corrected chi connectivity index (χ0v) is 44.5. The SMILES string of the molecule is C#C.C=C(C)C.C=C(C)C(=C)C(C)CC1CCC1.C=C(C)C(CC)[C@@H](C)[C@H](CCC)C(C)C.CC.CC.CC(=O)C(C)C(C)(C)C.CC(C)C(C)CCC(C)(C)C. The normalized spacial score (nSPS) is 14.9. The Bertz CT molecular complexity index is 979. The Balaban J connectivity index is -0.000000110. The summed E-state index contributed by atoms with van der Waals surface area (Å²) >= 11 is 0. The summed E-state index contributed by atoms with van der Waals surface area (Å²) in [7, 11) is 0. The third-order valence-corrected chi connectivity index (χ3v) is 11.3. The van der Waals surface area contributed by atoms with Gasteiger partial charge in [0.25, 0.3) is 0 Å². The van der Waals surface area contributed by atoms with Gasteiger partial charge in [-0.2, -0.15) is 0 Å². The molecular weight excluding hydrogens is 689 g/mol. The van der Waals surface area contributed by atoms with Crippen LogP contribution in [0.1, 0.15) is 231 Å². The molecule has 1 rings (SSSR count). The molecule has 0 aromatic heterocycles. The van der Waals surface area contributed by atoms with Crippen LogP contribution in [0.3, 0.4) is 0 Å². The van der Waals surface area contributed by atoms with Crippen molar-refractivity contribution in [2.45, 2.75) is 231 Å². The van der Waals surface area contributed by atoms with E-state index in [0.717, 1.165) is 41.1 Å². The fourth-order valence-electron chi connectivity index (χ4n) is 6.40. The molecule has 0 N–H and O–H groups in total. The number of ketones is 1. The Kier molecular flexibility index (Phi) is 50.1. The minimum atomic E-state index is 0.131. The quantitative estimate of drug-likeness (QED) is 0.0916. The van der Waals surface area contributed by atoms with Gasteiger partial charge in [0.05, 0.1) is 0 Å². The average Bonchev–Trinajstić information content (AvgIpc) is 3.09. The van der Waals surface area contributed by atoms with E-state index in [0.29, 0.717) is 17.3 Å². The van der Waals surface area contributed by atoms with Crippen LogP contribution < -0.4 is 0 Å². The summed E-state index contributed by atoms with van der Waals surface area (Å²) in [6.07, 6.45) is 20.3. The van der Waals surface area contributed by atoms with Crippen LogP contribution in [0, 0.1) is 76.9 Å². The first-order valence-electron chi connectivity index (χ1n) is 23.4. The number of hydrogen-bond acceptors (Lipinski definition) is 1. The van der Waals surface area contributed by atoms with Crippen molar-refractivity contribution in [3.63, 3.8) is 0 Å². The summed E-state index contributed by atoms with van der Waals surface area (Å²) in [6, 6.07) is 0. The summed E-state index contributed by atoms with van der Waals surface area (Å²) in [6.45, 7) is 69.7. The lowest BCUT2D eigenvalue weighted by Gasteiger charge is -2.33. The summed E-state index contributed by atoms with van der Waals surface area (Å²) in [5, 5.41) is 0. The van der Waals surface area contributed by atoms with E-state index < -0.39 is 0 Å². The van der Waals surface area contributed by atoms with Crippen molar-refractivity contribution in [3.8, 4) is 12.8 Å². The first-order chi connectivity index (χ1) is 26.0. The number of allylic oxidation sites excluding steroid dienone is 4. The fraction of sp³-hybridized carbons (Fsp3) is 0.804. The molecule has 0 spiro atoms. The van der Waals surface area contributed by atoms with E-state index in [2.05, 4.69) is 157 Å². The van der Waals surface area contributed by atoms with Crippen molar-refractivity contribution in [2.75, 3.05) is 0 Å². The van der Waals surface area contributed by atoms with Crippen molar-refractivity contribution in [1.82, 2.24) is 0 Å². The summed E-state index contributed by atoms with van der Waals surface area (Å²) in [4.78, 5) is 10.8. The molecule has 0 amide bonds. The summed E-state index contributed by atoms with van der Waals surface area (Å²) in [5.41, 5.74) is 5.59. The predicted molar refractivity (Wildman–Crippen MR) is 271 cm³/mol. The molecule has 1 aliphatic carbocycles. The first-order valence-corrected chi connectivity index (χ1v) is 23.4.